The van der Waals surface area contributed by atoms with Crippen LogP contribution in [0.5, 0.6) is 0 Å². The molecule has 33 heavy (non-hydrogen) atoms. The summed E-state index contributed by atoms with van der Waals surface area (Å²) in [6.45, 7) is 6.84. The molecule has 0 spiro atoms. The monoisotopic (exact) mass is 457 g/mol. The number of likely N-dealkylation sites (tertiary alicyclic amines) is 1. The normalized spacial score (nSPS) is 18.7. The molecule has 176 valence electrons. The van der Waals surface area contributed by atoms with Crippen LogP contribution in [0.1, 0.15) is 62.6 Å². The molecule has 1 aromatic carbocycles. The van der Waals surface area contributed by atoms with Gasteiger partial charge in [0.25, 0.3) is 17.6 Å². The van der Waals surface area contributed by atoms with Crippen LogP contribution in [0.15, 0.2) is 22.7 Å². The number of aliphatic hydroxyl groups is 1. The third kappa shape index (κ3) is 5.38. The molecule has 4 rings (SSSR count). The number of carbonyl (C=O) groups is 1. The van der Waals surface area contributed by atoms with Crippen molar-refractivity contribution in [2.45, 2.75) is 70.6 Å². The van der Waals surface area contributed by atoms with Crippen molar-refractivity contribution in [2.24, 2.45) is 0 Å². The zero-order valence-corrected chi connectivity index (χ0v) is 19.0. The van der Waals surface area contributed by atoms with Gasteiger partial charge in [-0.2, -0.15) is 10.2 Å². The summed E-state index contributed by atoms with van der Waals surface area (Å²) in [5, 5.41) is 23.1. The fraction of sp³-hybridized carbons (Fsp3) is 0.565. The van der Waals surface area contributed by atoms with Gasteiger partial charge < -0.3 is 19.3 Å². The van der Waals surface area contributed by atoms with E-state index in [-0.39, 0.29) is 40.8 Å². The molecular formula is C23H28FN5O4. The first kappa shape index (κ1) is 23.3. The predicted molar refractivity (Wildman–Crippen MR) is 115 cm³/mol. The van der Waals surface area contributed by atoms with Gasteiger partial charge in [0.05, 0.1) is 22.8 Å². The largest absolute Gasteiger partial charge is 0.356 e. The SMILES string of the molecule is CC(C)(C)OC(O)N1CCC(N(C(=O)c2noc(-c3ccc(C#N)cc3F)n2)C2CC2)CC1. The van der Waals surface area contributed by atoms with Gasteiger partial charge in [0.15, 0.2) is 0 Å². The van der Waals surface area contributed by atoms with E-state index in [0.29, 0.717) is 25.9 Å². The van der Waals surface area contributed by atoms with E-state index in [0.717, 1.165) is 18.9 Å². The fourth-order valence-electron chi connectivity index (χ4n) is 4.05. The fourth-order valence-corrected chi connectivity index (χ4v) is 4.05. The van der Waals surface area contributed by atoms with E-state index in [1.807, 2.05) is 36.6 Å². The van der Waals surface area contributed by atoms with Gasteiger partial charge in [-0.1, -0.05) is 5.16 Å². The summed E-state index contributed by atoms with van der Waals surface area (Å²) in [6.07, 6.45) is 2.20. The molecule has 0 radical (unpaired) electrons. The number of hydrogen-bond donors (Lipinski definition) is 1. The summed E-state index contributed by atoms with van der Waals surface area (Å²) < 4.78 is 25.1. The number of amides is 1. The van der Waals surface area contributed by atoms with Crippen molar-refractivity contribution in [2.75, 3.05) is 13.1 Å². The molecule has 2 fully saturated rings. The first-order valence-corrected chi connectivity index (χ1v) is 11.1. The third-order valence-electron chi connectivity index (χ3n) is 5.78. The maximum absolute atomic E-state index is 14.3. The Morgan fingerprint density at radius 2 is 1.97 bits per heavy atom. The van der Waals surface area contributed by atoms with Crippen molar-refractivity contribution in [1.29, 1.82) is 5.26 Å². The lowest BCUT2D eigenvalue weighted by Crippen LogP contribution is -2.52. The van der Waals surface area contributed by atoms with Gasteiger partial charge in [0, 0.05) is 25.2 Å². The maximum atomic E-state index is 14.3. The number of aromatic nitrogens is 2. The molecule has 1 aliphatic carbocycles. The molecule has 2 aliphatic rings. The van der Waals surface area contributed by atoms with Crippen LogP contribution in [-0.2, 0) is 4.74 Å². The van der Waals surface area contributed by atoms with Crippen molar-refractivity contribution in [3.63, 3.8) is 0 Å². The van der Waals surface area contributed by atoms with Crippen LogP contribution in [0.3, 0.4) is 0 Å². The van der Waals surface area contributed by atoms with E-state index in [4.69, 9.17) is 14.5 Å². The van der Waals surface area contributed by atoms with Gasteiger partial charge in [-0.15, -0.1) is 0 Å². The average Bonchev–Trinajstić information content (AvgIpc) is 3.47. The molecule has 1 unspecified atom stereocenters. The van der Waals surface area contributed by atoms with Crippen molar-refractivity contribution in [3.8, 4) is 17.5 Å². The number of nitrogens with zero attached hydrogens (tertiary/aromatic N) is 5. The number of rotatable bonds is 6. The van der Waals surface area contributed by atoms with Gasteiger partial charge in [-0.25, -0.2) is 4.39 Å². The van der Waals surface area contributed by atoms with E-state index < -0.39 is 17.8 Å². The van der Waals surface area contributed by atoms with Crippen LogP contribution >= 0.6 is 0 Å². The molecule has 2 aromatic rings. The Bertz CT molecular complexity index is 1050. The number of aliphatic hydroxyl groups excluding tert-OH is 1. The Balaban J connectivity index is 1.45. The molecule has 1 aromatic heterocycles. The lowest BCUT2D eigenvalue weighted by atomic mass is 10.0. The first-order chi connectivity index (χ1) is 15.7. The molecule has 1 saturated carbocycles. The van der Waals surface area contributed by atoms with Crippen molar-refractivity contribution < 1.29 is 23.6 Å². The highest BCUT2D eigenvalue weighted by Gasteiger charge is 2.41. The van der Waals surface area contributed by atoms with Crippen molar-refractivity contribution in [3.05, 3.63) is 35.4 Å². The smallest absolute Gasteiger partial charge is 0.295 e. The second kappa shape index (κ2) is 9.17. The highest BCUT2D eigenvalue weighted by Crippen LogP contribution is 2.34. The molecule has 2 heterocycles. The van der Waals surface area contributed by atoms with E-state index in [2.05, 4.69) is 10.1 Å². The molecule has 1 amide bonds. The quantitative estimate of drug-likeness (QED) is 0.659. The topological polar surface area (TPSA) is 116 Å². The van der Waals surface area contributed by atoms with Crippen LogP contribution in [0.4, 0.5) is 4.39 Å². The number of piperidine rings is 1. The zero-order chi connectivity index (χ0) is 23.8. The van der Waals surface area contributed by atoms with Gasteiger partial charge in [0.2, 0.25) is 6.41 Å². The Kier molecular flexibility index (Phi) is 6.47. The lowest BCUT2D eigenvalue weighted by Gasteiger charge is -2.40. The van der Waals surface area contributed by atoms with Crippen LogP contribution in [0, 0.1) is 17.1 Å². The predicted octanol–water partition coefficient (Wildman–Crippen LogP) is 2.91. The van der Waals surface area contributed by atoms with E-state index in [1.54, 1.807) is 0 Å². The first-order valence-electron chi connectivity index (χ1n) is 11.1. The summed E-state index contributed by atoms with van der Waals surface area (Å²) in [5.41, 5.74) is -0.243. The summed E-state index contributed by atoms with van der Waals surface area (Å²) in [5.74, 6) is -1.22. The Hall–Kier alpha value is -2.87. The summed E-state index contributed by atoms with van der Waals surface area (Å²) in [6, 6.07) is 5.89. The number of halogens is 1. The van der Waals surface area contributed by atoms with E-state index in [1.165, 1.54) is 12.1 Å². The second-order valence-corrected chi connectivity index (χ2v) is 9.50. The number of ether oxygens (including phenoxy) is 1. The van der Waals surface area contributed by atoms with E-state index in [9.17, 15) is 14.3 Å². The van der Waals surface area contributed by atoms with Crippen LogP contribution in [0.25, 0.3) is 11.5 Å². The Labute approximate surface area is 191 Å². The van der Waals surface area contributed by atoms with Gasteiger partial charge in [0.1, 0.15) is 5.82 Å². The summed E-state index contributed by atoms with van der Waals surface area (Å²) in [7, 11) is 0. The Morgan fingerprint density at radius 1 is 1.30 bits per heavy atom. The highest BCUT2D eigenvalue weighted by molar-refractivity contribution is 5.91. The van der Waals surface area contributed by atoms with Gasteiger partial charge in [-0.3, -0.25) is 9.69 Å². The lowest BCUT2D eigenvalue weighted by molar-refractivity contribution is -0.243. The minimum absolute atomic E-state index is 0.0170. The summed E-state index contributed by atoms with van der Waals surface area (Å²) >= 11 is 0. The van der Waals surface area contributed by atoms with Crippen molar-refractivity contribution >= 4 is 5.91 Å². The molecule has 1 aliphatic heterocycles. The maximum Gasteiger partial charge on any atom is 0.295 e. The number of carbonyl (C=O) groups excluding carboxylic acids is 1. The van der Waals surface area contributed by atoms with Gasteiger partial charge >= 0.3 is 0 Å². The van der Waals surface area contributed by atoms with Crippen LogP contribution < -0.4 is 0 Å². The minimum atomic E-state index is -0.988. The molecule has 1 atom stereocenters. The van der Waals surface area contributed by atoms with Crippen LogP contribution in [-0.4, -0.2) is 68.1 Å². The zero-order valence-electron chi connectivity index (χ0n) is 19.0. The third-order valence-corrected chi connectivity index (χ3v) is 5.78. The van der Waals surface area contributed by atoms with Gasteiger partial charge in [-0.05, 0) is 64.7 Å². The molecule has 9 nitrogen and oxygen atoms in total. The Morgan fingerprint density at radius 3 is 2.55 bits per heavy atom. The summed E-state index contributed by atoms with van der Waals surface area (Å²) in [4.78, 5) is 21.1. The molecule has 1 N–H and O–H groups in total. The van der Waals surface area contributed by atoms with Crippen molar-refractivity contribution in [1.82, 2.24) is 19.9 Å². The number of nitriles is 1. The highest BCUT2D eigenvalue weighted by atomic mass is 19.1. The average molecular weight is 458 g/mol. The van der Waals surface area contributed by atoms with Crippen LogP contribution in [0.2, 0.25) is 0 Å². The molecule has 0 bridgehead atoms. The molecular weight excluding hydrogens is 429 g/mol. The molecule has 10 heteroatoms. The van der Waals surface area contributed by atoms with E-state index >= 15 is 0 Å². The standard InChI is InChI=1S/C23H28FN5O4/c1-23(2,3)32-22(31)28-10-8-16(9-11-28)29(15-5-6-15)21(30)19-26-20(33-27-19)17-7-4-14(13-25)12-18(17)24/h4,7,12,15-16,22,31H,5-6,8-11H2,1-3H3. The number of hydrogen-bond acceptors (Lipinski definition) is 8. The minimum Gasteiger partial charge on any atom is -0.356 e. The second-order valence-electron chi connectivity index (χ2n) is 9.50. The number of benzene rings is 1. The molecule has 1 saturated heterocycles.